The molecule has 0 aromatic carbocycles. The lowest BCUT2D eigenvalue weighted by Gasteiger charge is -2.34. The molecule has 1 spiro atoms. The topological polar surface area (TPSA) is 28.2 Å². The quantitative estimate of drug-likeness (QED) is 0.850. The smallest absolute Gasteiger partial charge is 0.0397 e. The second-order valence-corrected chi connectivity index (χ2v) is 5.13. The summed E-state index contributed by atoms with van der Waals surface area (Å²) in [6.45, 7) is 4.84. The van der Waals surface area contributed by atoms with Gasteiger partial charge < -0.3 is 10.2 Å². The third-order valence-corrected chi connectivity index (χ3v) is 4.13. The van der Waals surface area contributed by atoms with Crippen LogP contribution in [0.4, 0.5) is 5.69 Å². The number of hydrogen-bond donors (Lipinski definition) is 1. The van der Waals surface area contributed by atoms with Crippen LogP contribution in [-0.2, 0) is 0 Å². The van der Waals surface area contributed by atoms with Gasteiger partial charge in [0.25, 0.3) is 0 Å². The molecule has 1 N–H and O–H groups in total. The van der Waals surface area contributed by atoms with E-state index in [4.69, 9.17) is 0 Å². The van der Waals surface area contributed by atoms with E-state index in [1.165, 1.54) is 51.1 Å². The Labute approximate surface area is 116 Å². The third kappa shape index (κ3) is 2.96. The maximum Gasteiger partial charge on any atom is 0.0397 e. The summed E-state index contributed by atoms with van der Waals surface area (Å²) in [5, 5.41) is 3.46. The van der Waals surface area contributed by atoms with E-state index in [2.05, 4.69) is 27.3 Å². The molecule has 0 saturated carbocycles. The van der Waals surface area contributed by atoms with Crippen LogP contribution in [0.2, 0.25) is 0 Å². The number of nitrogens with one attached hydrogen (secondary N) is 1. The van der Waals surface area contributed by atoms with Crippen LogP contribution < -0.4 is 10.2 Å². The minimum atomic E-state index is 0. The van der Waals surface area contributed by atoms with Crippen molar-refractivity contribution in [3.05, 3.63) is 24.5 Å². The van der Waals surface area contributed by atoms with Crippen molar-refractivity contribution in [2.45, 2.75) is 26.7 Å². The molecular formula is C14H24ClN3. The monoisotopic (exact) mass is 269 g/mol. The zero-order valence-corrected chi connectivity index (χ0v) is 10.9. The van der Waals surface area contributed by atoms with Crippen molar-refractivity contribution in [1.82, 2.24) is 10.3 Å². The van der Waals surface area contributed by atoms with Gasteiger partial charge in [0.05, 0.1) is 0 Å². The number of halogens is 1. The van der Waals surface area contributed by atoms with Crippen LogP contribution in [0.5, 0.6) is 0 Å². The van der Waals surface area contributed by atoms with Crippen molar-refractivity contribution in [2.24, 2.45) is 5.41 Å². The third-order valence-electron chi connectivity index (χ3n) is 4.13. The Morgan fingerprint density at radius 1 is 1.11 bits per heavy atom. The molecule has 0 atom stereocenters. The molecule has 18 heavy (non-hydrogen) atoms. The molecule has 0 aliphatic carbocycles. The van der Waals surface area contributed by atoms with Gasteiger partial charge in [0, 0.05) is 31.2 Å². The first-order valence-corrected chi connectivity index (χ1v) is 6.24. The van der Waals surface area contributed by atoms with Gasteiger partial charge in [-0.3, -0.25) is 4.98 Å². The van der Waals surface area contributed by atoms with E-state index < -0.39 is 0 Å². The largest absolute Gasteiger partial charge is 0.371 e. The summed E-state index contributed by atoms with van der Waals surface area (Å²) < 4.78 is 0. The molecule has 4 heteroatoms. The lowest BCUT2D eigenvalue weighted by Crippen LogP contribution is -2.38. The molecule has 0 amide bonds. The van der Waals surface area contributed by atoms with Gasteiger partial charge in [-0.2, -0.15) is 0 Å². The van der Waals surface area contributed by atoms with E-state index in [9.17, 15) is 0 Å². The van der Waals surface area contributed by atoms with Crippen molar-refractivity contribution in [3.8, 4) is 0 Å². The molecule has 0 bridgehead atoms. The zero-order chi connectivity index (χ0) is 10.8. The molecule has 2 saturated heterocycles. The van der Waals surface area contributed by atoms with E-state index in [-0.39, 0.29) is 19.8 Å². The van der Waals surface area contributed by atoms with Gasteiger partial charge in [-0.05, 0) is 49.9 Å². The van der Waals surface area contributed by atoms with Crippen LogP contribution in [0.1, 0.15) is 26.7 Å². The number of nitrogens with zero attached hydrogens (tertiary/aromatic N) is 2. The predicted octanol–water partition coefficient (Wildman–Crippen LogP) is 2.72. The highest BCUT2D eigenvalue weighted by molar-refractivity contribution is 5.85. The molecule has 0 radical (unpaired) electrons. The van der Waals surface area contributed by atoms with Crippen molar-refractivity contribution in [2.75, 3.05) is 31.1 Å². The molecule has 3 rings (SSSR count). The van der Waals surface area contributed by atoms with Crippen molar-refractivity contribution >= 4 is 18.1 Å². The average molecular weight is 270 g/mol. The number of pyridine rings is 1. The summed E-state index contributed by atoms with van der Waals surface area (Å²) in [5.41, 5.74) is 1.93. The first kappa shape index (κ1) is 15.3. The van der Waals surface area contributed by atoms with Crippen LogP contribution in [-0.4, -0.2) is 31.2 Å². The molecule has 102 valence electrons. The highest BCUT2D eigenvalue weighted by Crippen LogP contribution is 2.40. The van der Waals surface area contributed by atoms with Crippen molar-refractivity contribution in [1.29, 1.82) is 0 Å². The van der Waals surface area contributed by atoms with E-state index in [1.807, 2.05) is 12.4 Å². The van der Waals surface area contributed by atoms with Gasteiger partial charge in [0.15, 0.2) is 0 Å². The van der Waals surface area contributed by atoms with Gasteiger partial charge in [0.2, 0.25) is 0 Å². The summed E-state index contributed by atoms with van der Waals surface area (Å²) in [4.78, 5) is 6.60. The Balaban J connectivity index is 0.000000810. The first-order chi connectivity index (χ1) is 7.88. The fourth-order valence-corrected chi connectivity index (χ4v) is 3.08. The lowest BCUT2D eigenvalue weighted by molar-refractivity contribution is 0.232. The maximum atomic E-state index is 4.08. The standard InChI is InChI=1S/C13H19N3.CH4.ClH/c1-6-14-7-2-12(1)16-10-5-13(11-16)3-8-15-9-4-13;;/h1-2,6-7,15H,3-5,8-11H2;1H4;1H. The molecule has 3 heterocycles. The molecular weight excluding hydrogens is 246 g/mol. The van der Waals surface area contributed by atoms with Gasteiger partial charge in [0.1, 0.15) is 0 Å². The van der Waals surface area contributed by atoms with Gasteiger partial charge in [-0.15, -0.1) is 12.4 Å². The Morgan fingerprint density at radius 3 is 2.44 bits per heavy atom. The number of aromatic nitrogens is 1. The summed E-state index contributed by atoms with van der Waals surface area (Å²) in [5.74, 6) is 0. The van der Waals surface area contributed by atoms with Crippen LogP contribution >= 0.6 is 12.4 Å². The minimum Gasteiger partial charge on any atom is -0.371 e. The van der Waals surface area contributed by atoms with E-state index in [0.717, 1.165) is 0 Å². The van der Waals surface area contributed by atoms with Gasteiger partial charge >= 0.3 is 0 Å². The number of piperidine rings is 1. The zero-order valence-electron chi connectivity index (χ0n) is 10.1. The Hall–Kier alpha value is -0.800. The van der Waals surface area contributed by atoms with Crippen LogP contribution in [0.25, 0.3) is 0 Å². The highest BCUT2D eigenvalue weighted by atomic mass is 35.5. The Morgan fingerprint density at radius 2 is 1.78 bits per heavy atom. The minimum absolute atomic E-state index is 0. The van der Waals surface area contributed by atoms with Crippen molar-refractivity contribution in [3.63, 3.8) is 0 Å². The second kappa shape index (κ2) is 6.39. The van der Waals surface area contributed by atoms with E-state index in [1.54, 1.807) is 0 Å². The Bertz CT molecular complexity index is 349. The molecule has 1 aromatic rings. The Kier molecular flexibility index (Phi) is 5.42. The molecule has 2 aliphatic heterocycles. The highest BCUT2D eigenvalue weighted by Gasteiger charge is 2.38. The van der Waals surface area contributed by atoms with Gasteiger partial charge in [-0.1, -0.05) is 7.43 Å². The molecule has 0 unspecified atom stereocenters. The SMILES string of the molecule is C.Cl.c1cc(N2CCC3(CCNCC3)C2)ccn1. The molecule has 2 fully saturated rings. The lowest BCUT2D eigenvalue weighted by atomic mass is 9.78. The van der Waals surface area contributed by atoms with Gasteiger partial charge in [-0.25, -0.2) is 0 Å². The number of anilines is 1. The van der Waals surface area contributed by atoms with Crippen LogP contribution in [0.3, 0.4) is 0 Å². The van der Waals surface area contributed by atoms with Crippen LogP contribution in [0, 0.1) is 5.41 Å². The summed E-state index contributed by atoms with van der Waals surface area (Å²) in [7, 11) is 0. The first-order valence-electron chi connectivity index (χ1n) is 6.24. The summed E-state index contributed by atoms with van der Waals surface area (Å²) >= 11 is 0. The second-order valence-electron chi connectivity index (χ2n) is 5.13. The van der Waals surface area contributed by atoms with E-state index in [0.29, 0.717) is 5.41 Å². The molecule has 2 aliphatic rings. The average Bonchev–Trinajstić information content (AvgIpc) is 2.75. The normalized spacial score (nSPS) is 21.2. The fourth-order valence-electron chi connectivity index (χ4n) is 3.08. The fraction of sp³-hybridized carbons (Fsp3) is 0.643. The number of hydrogen-bond acceptors (Lipinski definition) is 3. The van der Waals surface area contributed by atoms with Crippen molar-refractivity contribution < 1.29 is 0 Å². The van der Waals surface area contributed by atoms with E-state index >= 15 is 0 Å². The maximum absolute atomic E-state index is 4.08. The molecule has 3 nitrogen and oxygen atoms in total. The summed E-state index contributed by atoms with van der Waals surface area (Å²) in [6.07, 6.45) is 7.83. The van der Waals surface area contributed by atoms with Crippen LogP contribution in [0.15, 0.2) is 24.5 Å². The summed E-state index contributed by atoms with van der Waals surface area (Å²) in [6, 6.07) is 4.25. The predicted molar refractivity (Wildman–Crippen MR) is 79.6 cm³/mol. The molecule has 1 aromatic heterocycles. The number of rotatable bonds is 1.